The number of rotatable bonds is 1. The monoisotopic (exact) mass is 263 g/mol. The smallest absolute Gasteiger partial charge is 0.353 e. The van der Waals surface area contributed by atoms with E-state index >= 15 is 0 Å². The van der Waals surface area contributed by atoms with Gasteiger partial charge in [0.25, 0.3) is 0 Å². The van der Waals surface area contributed by atoms with Gasteiger partial charge in [0.2, 0.25) is 0 Å². The van der Waals surface area contributed by atoms with Crippen LogP contribution in [0.1, 0.15) is 0 Å². The number of halogens is 1. The molecular formula is C6H6IN3O. The van der Waals surface area contributed by atoms with Gasteiger partial charge in [-0.1, -0.05) is 22.6 Å². The van der Waals surface area contributed by atoms with E-state index in [1.165, 1.54) is 4.57 Å². The highest BCUT2D eigenvalue weighted by Gasteiger charge is 1.91. The summed E-state index contributed by atoms with van der Waals surface area (Å²) in [6, 6.07) is 1.57. The van der Waals surface area contributed by atoms with Crippen molar-refractivity contribution >= 4 is 34.6 Å². The second-order valence-corrected chi connectivity index (χ2v) is 2.54. The molecule has 4 nitrogen and oxygen atoms in total. The lowest BCUT2D eigenvalue weighted by Crippen LogP contribution is -2.18. The number of nitrogens with zero attached hydrogens (tertiary/aromatic N) is 2. The van der Waals surface area contributed by atoms with Gasteiger partial charge in [-0.15, -0.1) is 0 Å². The zero-order chi connectivity index (χ0) is 8.27. The third-order valence-corrected chi connectivity index (χ3v) is 1.39. The molecule has 0 unspecified atom stereocenters. The van der Waals surface area contributed by atoms with Crippen molar-refractivity contribution in [1.29, 1.82) is 0 Å². The topological polar surface area (TPSA) is 60.9 Å². The first-order valence-electron chi connectivity index (χ1n) is 2.85. The van der Waals surface area contributed by atoms with Gasteiger partial charge in [-0.3, -0.25) is 4.57 Å². The minimum atomic E-state index is -0.363. The van der Waals surface area contributed by atoms with Crippen LogP contribution in [-0.4, -0.2) is 9.55 Å². The fourth-order valence-electron chi connectivity index (χ4n) is 0.600. The number of anilines is 1. The van der Waals surface area contributed by atoms with Gasteiger partial charge in [0.05, 0.1) is 0 Å². The Hall–Kier alpha value is -0.850. The molecule has 0 amide bonds. The summed E-state index contributed by atoms with van der Waals surface area (Å²) in [6.07, 6.45) is 3.18. The minimum Gasteiger partial charge on any atom is -0.383 e. The Morgan fingerprint density at radius 2 is 2.45 bits per heavy atom. The number of hydrogen-bond donors (Lipinski definition) is 1. The Bertz CT molecular complexity index is 331. The van der Waals surface area contributed by atoms with Gasteiger partial charge in [0.1, 0.15) is 5.82 Å². The van der Waals surface area contributed by atoms with Gasteiger partial charge < -0.3 is 5.73 Å². The zero-order valence-electron chi connectivity index (χ0n) is 5.57. The Morgan fingerprint density at radius 1 is 1.73 bits per heavy atom. The summed E-state index contributed by atoms with van der Waals surface area (Å²) in [5.41, 5.74) is 4.91. The van der Waals surface area contributed by atoms with E-state index in [-0.39, 0.29) is 11.5 Å². The minimum absolute atomic E-state index is 0.244. The molecule has 1 rings (SSSR count). The van der Waals surface area contributed by atoms with E-state index in [1.807, 2.05) is 22.6 Å². The van der Waals surface area contributed by atoms with Crippen LogP contribution in [0.5, 0.6) is 0 Å². The Morgan fingerprint density at radius 3 is 3.00 bits per heavy atom. The quantitative estimate of drug-likeness (QED) is 0.758. The summed E-state index contributed by atoms with van der Waals surface area (Å²) in [4.78, 5) is 14.5. The standard InChI is InChI=1S/C6H6IN3O/c7-2-4-10-3-1-5(8)9-6(10)11/h1-4H,(H2,8,9,11). The van der Waals surface area contributed by atoms with Crippen molar-refractivity contribution < 1.29 is 0 Å². The first-order valence-corrected chi connectivity index (χ1v) is 4.10. The van der Waals surface area contributed by atoms with E-state index in [4.69, 9.17) is 5.73 Å². The average Bonchev–Trinajstić information content (AvgIpc) is 1.95. The SMILES string of the molecule is Nc1ccn(C=CI)c(=O)n1. The fraction of sp³-hybridized carbons (Fsp3) is 0. The third kappa shape index (κ3) is 2.04. The fourth-order valence-corrected chi connectivity index (χ4v) is 0.947. The lowest BCUT2D eigenvalue weighted by Gasteiger charge is -1.95. The lowest BCUT2D eigenvalue weighted by molar-refractivity contribution is 0.969. The number of nitrogens with two attached hydrogens (primary N) is 1. The van der Waals surface area contributed by atoms with Crippen molar-refractivity contribution in [2.75, 3.05) is 5.73 Å². The van der Waals surface area contributed by atoms with Crippen LogP contribution in [-0.2, 0) is 0 Å². The molecule has 0 atom stereocenters. The summed E-state index contributed by atoms with van der Waals surface area (Å²) >= 11 is 2.02. The summed E-state index contributed by atoms with van der Waals surface area (Å²) in [7, 11) is 0. The van der Waals surface area contributed by atoms with Gasteiger partial charge in [0.15, 0.2) is 0 Å². The maximum atomic E-state index is 10.9. The van der Waals surface area contributed by atoms with Crippen LogP contribution in [0.4, 0.5) is 5.82 Å². The molecule has 0 saturated carbocycles. The van der Waals surface area contributed by atoms with Crippen molar-refractivity contribution in [3.8, 4) is 0 Å². The molecule has 2 N–H and O–H groups in total. The molecule has 0 fully saturated rings. The van der Waals surface area contributed by atoms with E-state index in [9.17, 15) is 4.79 Å². The molecule has 11 heavy (non-hydrogen) atoms. The Kier molecular flexibility index (Phi) is 2.64. The van der Waals surface area contributed by atoms with E-state index in [1.54, 1.807) is 22.5 Å². The molecule has 0 aliphatic heterocycles. The zero-order valence-corrected chi connectivity index (χ0v) is 7.72. The first-order chi connectivity index (χ1) is 5.24. The maximum Gasteiger partial charge on any atom is 0.353 e. The lowest BCUT2D eigenvalue weighted by atomic mass is 10.6. The highest BCUT2D eigenvalue weighted by atomic mass is 127. The molecule has 0 aromatic carbocycles. The van der Waals surface area contributed by atoms with Crippen LogP contribution in [0.2, 0.25) is 0 Å². The van der Waals surface area contributed by atoms with Crippen LogP contribution >= 0.6 is 22.6 Å². The maximum absolute atomic E-state index is 10.9. The molecule has 0 saturated heterocycles. The summed E-state index contributed by atoms with van der Waals surface area (Å²) in [5.74, 6) is 0.244. The van der Waals surface area contributed by atoms with Gasteiger partial charge in [-0.25, -0.2) is 4.79 Å². The summed E-state index contributed by atoms with van der Waals surface area (Å²) < 4.78 is 3.07. The Balaban J connectivity index is 3.20. The van der Waals surface area contributed by atoms with Crippen molar-refractivity contribution in [1.82, 2.24) is 9.55 Å². The summed E-state index contributed by atoms with van der Waals surface area (Å²) in [6.45, 7) is 0. The van der Waals surface area contributed by atoms with Crippen molar-refractivity contribution in [2.45, 2.75) is 0 Å². The number of hydrogen-bond acceptors (Lipinski definition) is 3. The number of nitrogen functional groups attached to an aromatic ring is 1. The van der Waals surface area contributed by atoms with Gasteiger partial charge >= 0.3 is 5.69 Å². The van der Waals surface area contributed by atoms with Gasteiger partial charge in [0, 0.05) is 12.4 Å². The van der Waals surface area contributed by atoms with Gasteiger partial charge in [-0.2, -0.15) is 4.98 Å². The van der Waals surface area contributed by atoms with Crippen LogP contribution in [0.15, 0.2) is 21.1 Å². The Labute approximate surface area is 76.9 Å². The molecule has 1 heterocycles. The van der Waals surface area contributed by atoms with Crippen LogP contribution in [0.3, 0.4) is 0 Å². The normalized spacial score (nSPS) is 10.6. The molecule has 0 radical (unpaired) electrons. The van der Waals surface area contributed by atoms with E-state index in [0.717, 1.165) is 0 Å². The molecular weight excluding hydrogens is 257 g/mol. The predicted molar refractivity (Wildman–Crippen MR) is 52.3 cm³/mol. The van der Waals surface area contributed by atoms with Crippen molar-refractivity contribution in [3.05, 3.63) is 26.8 Å². The molecule has 5 heteroatoms. The first kappa shape index (κ1) is 8.25. The molecule has 0 aliphatic rings. The highest BCUT2D eigenvalue weighted by molar-refractivity contribution is 14.1. The third-order valence-electron chi connectivity index (χ3n) is 1.07. The molecule has 1 aromatic heterocycles. The molecule has 0 aliphatic carbocycles. The van der Waals surface area contributed by atoms with Crippen LogP contribution < -0.4 is 11.4 Å². The largest absolute Gasteiger partial charge is 0.383 e. The molecule has 1 aromatic rings. The highest BCUT2D eigenvalue weighted by Crippen LogP contribution is 1.91. The average molecular weight is 263 g/mol. The van der Waals surface area contributed by atoms with Crippen LogP contribution in [0.25, 0.3) is 6.20 Å². The van der Waals surface area contributed by atoms with Crippen molar-refractivity contribution in [2.24, 2.45) is 0 Å². The van der Waals surface area contributed by atoms with E-state index < -0.39 is 0 Å². The van der Waals surface area contributed by atoms with Crippen LogP contribution in [0, 0.1) is 0 Å². The van der Waals surface area contributed by atoms with Gasteiger partial charge in [-0.05, 0) is 10.1 Å². The predicted octanol–water partition coefficient (Wildman–Crippen LogP) is 0.689. The van der Waals surface area contributed by atoms with E-state index in [2.05, 4.69) is 4.98 Å². The molecule has 0 bridgehead atoms. The molecule has 58 valence electrons. The second-order valence-electron chi connectivity index (χ2n) is 1.82. The van der Waals surface area contributed by atoms with Crippen molar-refractivity contribution in [3.63, 3.8) is 0 Å². The molecule has 0 spiro atoms. The van der Waals surface area contributed by atoms with E-state index in [0.29, 0.717) is 0 Å². The second kappa shape index (κ2) is 3.51. The summed E-state index contributed by atoms with van der Waals surface area (Å²) in [5, 5.41) is 0. The number of aromatic nitrogens is 2.